The zero-order valence-electron chi connectivity index (χ0n) is 5.96. The molecule has 0 radical (unpaired) electrons. The van der Waals surface area contributed by atoms with Crippen LogP contribution in [-0.4, -0.2) is 11.3 Å². The van der Waals surface area contributed by atoms with Crippen molar-refractivity contribution in [2.75, 3.05) is 0 Å². The number of nitrogens with zero attached hydrogens (tertiary/aromatic N) is 2. The van der Waals surface area contributed by atoms with Crippen molar-refractivity contribution in [2.24, 2.45) is 10.7 Å². The first-order valence-corrected chi connectivity index (χ1v) is 2.92. The van der Waals surface area contributed by atoms with Crippen molar-refractivity contribution in [3.63, 3.8) is 0 Å². The normalized spacial score (nSPS) is 11.0. The van der Waals surface area contributed by atoms with Crippen LogP contribution in [-0.2, 0) is 0 Å². The molecule has 0 fully saturated rings. The maximum Gasteiger partial charge on any atom is 0.323 e. The largest absolute Gasteiger partial charge is 0.427 e. The highest BCUT2D eigenvalue weighted by Gasteiger charge is 2.01. The molecule has 0 aliphatic rings. The van der Waals surface area contributed by atoms with Crippen molar-refractivity contribution >= 4 is 12.4 Å². The fourth-order valence-corrected chi connectivity index (χ4v) is 0.575. The Morgan fingerprint density at radius 2 is 2.30 bits per heavy atom. The van der Waals surface area contributed by atoms with E-state index >= 15 is 0 Å². The van der Waals surface area contributed by atoms with Gasteiger partial charge in [-0.15, -0.1) is 0 Å². The van der Waals surface area contributed by atoms with E-state index in [9.17, 15) is 0 Å². The molecule has 1 heterocycles. The summed E-state index contributed by atoms with van der Waals surface area (Å²) in [5.41, 5.74) is 5.88. The smallest absolute Gasteiger partial charge is 0.323 e. The molecular weight excluding hydrogens is 130 g/mol. The zero-order valence-corrected chi connectivity index (χ0v) is 5.96. The van der Waals surface area contributed by atoms with Gasteiger partial charge in [-0.2, -0.15) is 9.98 Å². The topological polar surface area (TPSA) is 64.4 Å². The van der Waals surface area contributed by atoms with Crippen molar-refractivity contribution in [2.45, 2.75) is 13.8 Å². The highest BCUT2D eigenvalue weighted by atomic mass is 16.4. The van der Waals surface area contributed by atoms with E-state index in [2.05, 4.69) is 9.98 Å². The van der Waals surface area contributed by atoms with Crippen LogP contribution >= 0.6 is 0 Å². The first kappa shape index (κ1) is 6.80. The maximum atomic E-state index is 5.07. The molecule has 0 aromatic carbocycles. The minimum absolute atomic E-state index is 0.317. The van der Waals surface area contributed by atoms with E-state index in [1.165, 1.54) is 0 Å². The molecule has 10 heavy (non-hydrogen) atoms. The maximum absolute atomic E-state index is 5.07. The third-order valence-electron chi connectivity index (χ3n) is 1.20. The Balaban J connectivity index is 2.98. The second kappa shape index (κ2) is 2.51. The molecule has 0 aliphatic carbocycles. The summed E-state index contributed by atoms with van der Waals surface area (Å²) in [6.45, 7) is 3.69. The molecular formula is C6H9N3O. The Morgan fingerprint density at radius 1 is 1.60 bits per heavy atom. The summed E-state index contributed by atoms with van der Waals surface area (Å²) in [7, 11) is 0. The minimum Gasteiger partial charge on any atom is -0.427 e. The van der Waals surface area contributed by atoms with E-state index < -0.39 is 0 Å². The van der Waals surface area contributed by atoms with Gasteiger partial charge in [0.1, 0.15) is 5.76 Å². The van der Waals surface area contributed by atoms with Gasteiger partial charge in [-0.3, -0.25) is 0 Å². The molecule has 0 spiro atoms. The fraction of sp³-hybridized carbons (Fsp3) is 0.333. The van der Waals surface area contributed by atoms with Gasteiger partial charge in [-0.05, 0) is 13.8 Å². The summed E-state index contributed by atoms with van der Waals surface area (Å²) in [6.07, 6.45) is 1.16. The predicted molar refractivity (Wildman–Crippen MR) is 38.3 cm³/mol. The molecule has 0 amide bonds. The van der Waals surface area contributed by atoms with Gasteiger partial charge in [-0.1, -0.05) is 0 Å². The second-order valence-electron chi connectivity index (χ2n) is 1.92. The standard InChI is InChI=1S/C6H9N3O/c1-4-5(2)10-6(9-4)8-3-7/h3H,1-2H3,(H2,7,8,9). The Morgan fingerprint density at radius 3 is 2.70 bits per heavy atom. The molecule has 2 N–H and O–H groups in total. The first-order valence-electron chi connectivity index (χ1n) is 2.92. The van der Waals surface area contributed by atoms with Crippen LogP contribution in [0.5, 0.6) is 0 Å². The predicted octanol–water partition coefficient (Wildman–Crippen LogP) is 0.910. The lowest BCUT2D eigenvalue weighted by Crippen LogP contribution is -1.86. The highest BCUT2D eigenvalue weighted by molar-refractivity contribution is 5.55. The molecule has 1 rings (SSSR count). The van der Waals surface area contributed by atoms with Gasteiger partial charge >= 0.3 is 6.01 Å². The van der Waals surface area contributed by atoms with Crippen LogP contribution in [0.15, 0.2) is 9.41 Å². The number of hydrogen-bond acceptors (Lipinski definition) is 3. The SMILES string of the molecule is Cc1nc(N=CN)oc1C. The van der Waals surface area contributed by atoms with Crippen molar-refractivity contribution < 1.29 is 4.42 Å². The van der Waals surface area contributed by atoms with E-state index in [-0.39, 0.29) is 0 Å². The molecule has 0 aliphatic heterocycles. The lowest BCUT2D eigenvalue weighted by molar-refractivity contribution is 0.537. The summed E-state index contributed by atoms with van der Waals surface area (Å²) in [5, 5.41) is 0. The number of nitrogens with two attached hydrogens (primary N) is 1. The molecule has 0 saturated heterocycles. The minimum atomic E-state index is 0.317. The average Bonchev–Trinajstić information content (AvgIpc) is 2.14. The molecule has 1 aromatic rings. The number of rotatable bonds is 1. The van der Waals surface area contributed by atoms with Crippen LogP contribution in [0.1, 0.15) is 11.5 Å². The summed E-state index contributed by atoms with van der Waals surface area (Å²) in [5.74, 6) is 0.778. The third-order valence-corrected chi connectivity index (χ3v) is 1.20. The van der Waals surface area contributed by atoms with E-state index in [1.54, 1.807) is 0 Å². The molecule has 54 valence electrons. The summed E-state index contributed by atoms with van der Waals surface area (Å²) in [4.78, 5) is 7.62. The van der Waals surface area contributed by atoms with E-state index in [1.807, 2.05) is 13.8 Å². The van der Waals surface area contributed by atoms with Gasteiger partial charge in [0.05, 0.1) is 12.0 Å². The molecule has 4 nitrogen and oxygen atoms in total. The Kier molecular flexibility index (Phi) is 1.71. The zero-order chi connectivity index (χ0) is 7.56. The van der Waals surface area contributed by atoms with Gasteiger partial charge < -0.3 is 10.2 Å². The molecule has 0 bridgehead atoms. The van der Waals surface area contributed by atoms with Crippen LogP contribution in [0.3, 0.4) is 0 Å². The fourth-order valence-electron chi connectivity index (χ4n) is 0.575. The van der Waals surface area contributed by atoms with E-state index in [0.717, 1.165) is 17.8 Å². The van der Waals surface area contributed by atoms with E-state index in [0.29, 0.717) is 6.01 Å². The van der Waals surface area contributed by atoms with Gasteiger partial charge in [0.15, 0.2) is 0 Å². The number of hydrogen-bond donors (Lipinski definition) is 1. The van der Waals surface area contributed by atoms with E-state index in [4.69, 9.17) is 10.2 Å². The van der Waals surface area contributed by atoms with Crippen molar-refractivity contribution in [3.05, 3.63) is 11.5 Å². The van der Waals surface area contributed by atoms with Crippen LogP contribution in [0.4, 0.5) is 6.01 Å². The molecule has 0 saturated carbocycles. The number of aliphatic imine (C=N–C) groups is 1. The third kappa shape index (κ3) is 1.15. The molecule has 0 atom stereocenters. The van der Waals surface area contributed by atoms with Gasteiger partial charge in [-0.25, -0.2) is 0 Å². The Bertz CT molecular complexity index is 232. The Hall–Kier alpha value is -1.32. The average molecular weight is 139 g/mol. The Labute approximate surface area is 58.8 Å². The van der Waals surface area contributed by atoms with Crippen LogP contribution < -0.4 is 5.73 Å². The summed E-state index contributed by atoms with van der Waals surface area (Å²) >= 11 is 0. The number of oxazole rings is 1. The quantitative estimate of drug-likeness (QED) is 0.464. The molecule has 0 unspecified atom stereocenters. The number of aryl methyl sites for hydroxylation is 2. The van der Waals surface area contributed by atoms with Gasteiger partial charge in [0.25, 0.3) is 0 Å². The van der Waals surface area contributed by atoms with Crippen LogP contribution in [0.25, 0.3) is 0 Å². The summed E-state index contributed by atoms with van der Waals surface area (Å²) in [6, 6.07) is 0.317. The van der Waals surface area contributed by atoms with Crippen molar-refractivity contribution in [1.29, 1.82) is 0 Å². The summed E-state index contributed by atoms with van der Waals surface area (Å²) < 4.78 is 5.07. The van der Waals surface area contributed by atoms with Crippen molar-refractivity contribution in [1.82, 2.24) is 4.98 Å². The van der Waals surface area contributed by atoms with Crippen molar-refractivity contribution in [3.8, 4) is 0 Å². The first-order chi connectivity index (χ1) is 4.74. The van der Waals surface area contributed by atoms with Crippen LogP contribution in [0, 0.1) is 13.8 Å². The monoisotopic (exact) mass is 139 g/mol. The molecule has 4 heteroatoms. The molecule has 1 aromatic heterocycles. The van der Waals surface area contributed by atoms with Gasteiger partial charge in [0.2, 0.25) is 0 Å². The second-order valence-corrected chi connectivity index (χ2v) is 1.92. The lowest BCUT2D eigenvalue weighted by Gasteiger charge is -1.78. The highest BCUT2D eigenvalue weighted by Crippen LogP contribution is 2.14. The van der Waals surface area contributed by atoms with Crippen LogP contribution in [0.2, 0.25) is 0 Å². The van der Waals surface area contributed by atoms with Gasteiger partial charge in [0, 0.05) is 0 Å². The lowest BCUT2D eigenvalue weighted by atomic mass is 10.4. The number of aromatic nitrogens is 1.